The van der Waals surface area contributed by atoms with Gasteiger partial charge in [-0.05, 0) is 61.3 Å². The van der Waals surface area contributed by atoms with E-state index in [1.807, 2.05) is 49.5 Å². The molecule has 2 aliphatic rings. The van der Waals surface area contributed by atoms with E-state index in [1.54, 1.807) is 24.3 Å². The maximum atomic E-state index is 13.3. The standard InChI is InChI=1S/C31H31N3O3S/c1-22-11-14-28(15-12-22)38(35,36)37-31-29-21-33(2)19-26(29)20-34(31)27-13-16-30(32-18-27)25-10-6-9-24(17-25)23-7-4-3-5-8-23/h3-18,26,29,31H,19-21H2,1-2H3. The van der Waals surface area contributed by atoms with E-state index in [0.29, 0.717) is 5.92 Å². The third-order valence-electron chi connectivity index (χ3n) is 7.66. The van der Waals surface area contributed by atoms with E-state index >= 15 is 0 Å². The molecule has 0 N–H and O–H groups in total. The molecule has 0 bridgehead atoms. The number of rotatable bonds is 6. The van der Waals surface area contributed by atoms with Crippen molar-refractivity contribution in [1.82, 2.24) is 9.88 Å². The highest BCUT2D eigenvalue weighted by atomic mass is 32.2. The Kier molecular flexibility index (Phi) is 6.51. The molecule has 3 aromatic carbocycles. The van der Waals surface area contributed by atoms with Crippen molar-refractivity contribution >= 4 is 15.8 Å². The summed E-state index contributed by atoms with van der Waals surface area (Å²) in [5, 5.41) is 0. The normalized spacial score (nSPS) is 21.5. The van der Waals surface area contributed by atoms with Gasteiger partial charge in [0.25, 0.3) is 10.1 Å². The lowest BCUT2D eigenvalue weighted by Gasteiger charge is -2.29. The Hall–Kier alpha value is -3.52. The summed E-state index contributed by atoms with van der Waals surface area (Å²) in [6, 6.07) is 29.5. The molecular formula is C31H31N3O3S. The number of pyridine rings is 1. The zero-order valence-electron chi connectivity index (χ0n) is 21.6. The summed E-state index contributed by atoms with van der Waals surface area (Å²) in [4.78, 5) is 9.29. The van der Waals surface area contributed by atoms with Gasteiger partial charge in [0.2, 0.25) is 0 Å². The number of nitrogens with zero attached hydrogens (tertiary/aromatic N) is 3. The number of anilines is 1. The van der Waals surface area contributed by atoms with Crippen molar-refractivity contribution in [2.45, 2.75) is 18.0 Å². The molecule has 0 aliphatic carbocycles. The molecule has 38 heavy (non-hydrogen) atoms. The second kappa shape index (κ2) is 9.98. The van der Waals surface area contributed by atoms with Crippen LogP contribution in [-0.2, 0) is 14.3 Å². The highest BCUT2D eigenvalue weighted by Crippen LogP contribution is 2.40. The van der Waals surface area contributed by atoms with Crippen molar-refractivity contribution in [3.05, 3.63) is 103 Å². The molecule has 2 fully saturated rings. The van der Waals surface area contributed by atoms with E-state index in [2.05, 4.69) is 47.2 Å². The van der Waals surface area contributed by atoms with Crippen LogP contribution in [0.1, 0.15) is 5.56 Å². The molecule has 4 aromatic rings. The summed E-state index contributed by atoms with van der Waals surface area (Å²) in [5.41, 5.74) is 6.08. The van der Waals surface area contributed by atoms with Crippen LogP contribution >= 0.6 is 0 Å². The van der Waals surface area contributed by atoms with Crippen molar-refractivity contribution in [2.75, 3.05) is 31.6 Å². The third kappa shape index (κ3) is 4.85. The van der Waals surface area contributed by atoms with Crippen LogP contribution in [0.25, 0.3) is 22.4 Å². The molecule has 3 heterocycles. The zero-order chi connectivity index (χ0) is 26.3. The van der Waals surface area contributed by atoms with Gasteiger partial charge in [-0.15, -0.1) is 0 Å². The second-order valence-electron chi connectivity index (χ2n) is 10.4. The molecule has 0 amide bonds. The molecular weight excluding hydrogens is 494 g/mol. The molecule has 2 saturated heterocycles. The molecule has 1 aromatic heterocycles. The Labute approximate surface area is 224 Å². The Morgan fingerprint density at radius 3 is 2.29 bits per heavy atom. The van der Waals surface area contributed by atoms with Crippen molar-refractivity contribution in [1.29, 1.82) is 0 Å². The Morgan fingerprint density at radius 1 is 0.816 bits per heavy atom. The molecule has 6 rings (SSSR count). The van der Waals surface area contributed by atoms with Crippen LogP contribution in [0.4, 0.5) is 5.69 Å². The van der Waals surface area contributed by atoms with E-state index < -0.39 is 16.3 Å². The molecule has 0 spiro atoms. The molecule has 0 saturated carbocycles. The maximum absolute atomic E-state index is 13.3. The van der Waals surface area contributed by atoms with Gasteiger partial charge in [-0.1, -0.05) is 66.2 Å². The smallest absolute Gasteiger partial charge is 0.298 e. The predicted molar refractivity (Wildman–Crippen MR) is 150 cm³/mol. The first-order valence-electron chi connectivity index (χ1n) is 12.9. The first-order valence-corrected chi connectivity index (χ1v) is 14.4. The van der Waals surface area contributed by atoms with Gasteiger partial charge in [0, 0.05) is 31.1 Å². The van der Waals surface area contributed by atoms with E-state index in [0.717, 1.165) is 53.3 Å². The third-order valence-corrected chi connectivity index (χ3v) is 8.96. The monoisotopic (exact) mass is 525 g/mol. The molecule has 194 valence electrons. The summed E-state index contributed by atoms with van der Waals surface area (Å²) in [6.07, 6.45) is 1.26. The Morgan fingerprint density at radius 2 is 1.55 bits per heavy atom. The highest BCUT2D eigenvalue weighted by molar-refractivity contribution is 7.86. The fourth-order valence-corrected chi connectivity index (χ4v) is 6.79. The van der Waals surface area contributed by atoms with Crippen LogP contribution in [-0.4, -0.2) is 51.2 Å². The van der Waals surface area contributed by atoms with E-state index in [9.17, 15) is 8.42 Å². The quantitative estimate of drug-likeness (QED) is 0.312. The number of hydrogen-bond donors (Lipinski definition) is 0. The molecule has 3 atom stereocenters. The van der Waals surface area contributed by atoms with Gasteiger partial charge >= 0.3 is 0 Å². The summed E-state index contributed by atoms with van der Waals surface area (Å²) < 4.78 is 32.5. The van der Waals surface area contributed by atoms with Crippen molar-refractivity contribution in [3.63, 3.8) is 0 Å². The number of aryl methyl sites for hydroxylation is 1. The van der Waals surface area contributed by atoms with Gasteiger partial charge in [0.15, 0.2) is 6.23 Å². The van der Waals surface area contributed by atoms with Crippen LogP contribution in [0.2, 0.25) is 0 Å². The lowest BCUT2D eigenvalue weighted by molar-refractivity contribution is 0.160. The van der Waals surface area contributed by atoms with Gasteiger partial charge in [-0.3, -0.25) is 4.98 Å². The molecule has 7 heteroatoms. The van der Waals surface area contributed by atoms with Gasteiger partial charge in [0.05, 0.1) is 22.5 Å². The minimum absolute atomic E-state index is 0.0995. The number of aromatic nitrogens is 1. The number of hydrogen-bond acceptors (Lipinski definition) is 6. The van der Waals surface area contributed by atoms with Gasteiger partial charge in [0.1, 0.15) is 0 Å². The highest BCUT2D eigenvalue weighted by Gasteiger charge is 2.49. The fourth-order valence-electron chi connectivity index (χ4n) is 5.70. The average Bonchev–Trinajstić information content (AvgIpc) is 3.46. The predicted octanol–water partition coefficient (Wildman–Crippen LogP) is 5.45. The number of likely N-dealkylation sites (tertiary alicyclic amines) is 1. The van der Waals surface area contributed by atoms with Crippen molar-refractivity contribution in [3.8, 4) is 22.4 Å². The van der Waals surface area contributed by atoms with E-state index in [-0.39, 0.29) is 10.8 Å². The van der Waals surface area contributed by atoms with Gasteiger partial charge in [-0.25, -0.2) is 4.18 Å². The fraction of sp³-hybridized carbons (Fsp3) is 0.258. The molecule has 2 aliphatic heterocycles. The van der Waals surface area contributed by atoms with E-state index in [4.69, 9.17) is 9.17 Å². The van der Waals surface area contributed by atoms with E-state index in [1.165, 1.54) is 0 Å². The van der Waals surface area contributed by atoms with Gasteiger partial charge in [-0.2, -0.15) is 8.42 Å². The number of fused-ring (bicyclic) bond motifs is 1. The molecule has 0 radical (unpaired) electrons. The summed E-state index contributed by atoms with van der Waals surface area (Å²) in [7, 11) is -1.84. The van der Waals surface area contributed by atoms with Crippen LogP contribution in [0, 0.1) is 18.8 Å². The second-order valence-corrected chi connectivity index (χ2v) is 12.0. The van der Waals surface area contributed by atoms with Crippen molar-refractivity contribution in [2.24, 2.45) is 11.8 Å². The molecule has 3 unspecified atom stereocenters. The summed E-state index contributed by atoms with van der Waals surface area (Å²) in [6.45, 7) is 4.38. The zero-order valence-corrected chi connectivity index (χ0v) is 22.4. The summed E-state index contributed by atoms with van der Waals surface area (Å²) >= 11 is 0. The minimum atomic E-state index is -3.92. The van der Waals surface area contributed by atoms with Crippen LogP contribution in [0.3, 0.4) is 0 Å². The Bertz CT molecular complexity index is 1520. The van der Waals surface area contributed by atoms with Crippen LogP contribution in [0.15, 0.2) is 102 Å². The topological polar surface area (TPSA) is 62.7 Å². The summed E-state index contributed by atoms with van der Waals surface area (Å²) in [5.74, 6) is 0.433. The molecule has 6 nitrogen and oxygen atoms in total. The van der Waals surface area contributed by atoms with Gasteiger partial charge < -0.3 is 9.80 Å². The Balaban J connectivity index is 1.27. The SMILES string of the molecule is Cc1ccc(S(=O)(=O)OC2C3CN(C)CC3CN2c2ccc(-c3cccc(-c4ccccc4)c3)nc2)cc1. The first kappa shape index (κ1) is 24.8. The van der Waals surface area contributed by atoms with Crippen LogP contribution in [0.5, 0.6) is 0 Å². The lowest BCUT2D eigenvalue weighted by atomic mass is 10.00. The minimum Gasteiger partial charge on any atom is -0.343 e. The average molecular weight is 526 g/mol. The van der Waals surface area contributed by atoms with Crippen molar-refractivity contribution < 1.29 is 12.6 Å². The first-order chi connectivity index (χ1) is 18.4. The van der Waals surface area contributed by atoms with Crippen LogP contribution < -0.4 is 4.90 Å². The number of benzene rings is 3. The maximum Gasteiger partial charge on any atom is 0.298 e. The largest absolute Gasteiger partial charge is 0.343 e. The lowest BCUT2D eigenvalue weighted by Crippen LogP contribution is -2.39.